The average molecular weight is 310 g/mol. The molecule has 0 bridgehead atoms. The highest BCUT2D eigenvalue weighted by Gasteiger charge is 2.15. The van der Waals surface area contributed by atoms with Crippen molar-refractivity contribution in [1.29, 1.82) is 0 Å². The Labute approximate surface area is 126 Å². The van der Waals surface area contributed by atoms with Gasteiger partial charge in [-0.15, -0.1) is 0 Å². The zero-order chi connectivity index (χ0) is 16.0. The van der Waals surface area contributed by atoms with Crippen molar-refractivity contribution in [2.24, 2.45) is 0 Å². The van der Waals surface area contributed by atoms with E-state index in [1.165, 1.54) is 0 Å². The predicted octanol–water partition coefficient (Wildman–Crippen LogP) is 2.59. The fourth-order valence-corrected chi connectivity index (χ4v) is 2.54. The van der Waals surface area contributed by atoms with Gasteiger partial charge in [0.25, 0.3) is 0 Å². The number of allylic oxidation sites excluding steroid dienone is 1. The van der Waals surface area contributed by atoms with Gasteiger partial charge in [-0.1, -0.05) is 31.2 Å². The van der Waals surface area contributed by atoms with E-state index in [0.29, 0.717) is 11.3 Å². The molecule has 6 heteroatoms. The smallest absolute Gasteiger partial charge is 0.247 e. The first-order valence-electron chi connectivity index (χ1n) is 6.79. The summed E-state index contributed by atoms with van der Waals surface area (Å²) >= 11 is 0. The Hall–Kier alpha value is -1.82. The summed E-state index contributed by atoms with van der Waals surface area (Å²) in [6.45, 7) is 5.54. The molecule has 0 aliphatic heterocycles. The van der Waals surface area contributed by atoms with Crippen molar-refractivity contribution in [3.05, 3.63) is 41.5 Å². The maximum Gasteiger partial charge on any atom is 0.247 e. The lowest BCUT2D eigenvalue weighted by atomic mass is 10.1. The Balaban J connectivity index is 2.95. The third-order valence-electron chi connectivity index (χ3n) is 2.94. The lowest BCUT2D eigenvalue weighted by Crippen LogP contribution is -2.28. The van der Waals surface area contributed by atoms with Gasteiger partial charge in [-0.3, -0.25) is 9.52 Å². The number of amides is 1. The summed E-state index contributed by atoms with van der Waals surface area (Å²) < 4.78 is 25.2. The summed E-state index contributed by atoms with van der Waals surface area (Å²) in [7, 11) is -3.36. The molecule has 116 valence electrons. The van der Waals surface area contributed by atoms with Crippen LogP contribution in [0.2, 0.25) is 0 Å². The summed E-state index contributed by atoms with van der Waals surface area (Å²) in [6, 6.07) is 6.71. The van der Waals surface area contributed by atoms with E-state index in [0.717, 1.165) is 18.2 Å². The van der Waals surface area contributed by atoms with E-state index >= 15 is 0 Å². The molecule has 1 rings (SSSR count). The highest BCUT2D eigenvalue weighted by molar-refractivity contribution is 7.92. The quantitative estimate of drug-likeness (QED) is 0.793. The third kappa shape index (κ3) is 5.59. The Kier molecular flexibility index (Phi) is 5.96. The molecule has 0 fully saturated rings. The van der Waals surface area contributed by atoms with Crippen LogP contribution in [-0.2, 0) is 14.8 Å². The van der Waals surface area contributed by atoms with E-state index in [2.05, 4.69) is 10.0 Å². The molecule has 0 saturated heterocycles. The minimum absolute atomic E-state index is 0.154. The summed E-state index contributed by atoms with van der Waals surface area (Å²) in [5.41, 5.74) is 1.85. The van der Waals surface area contributed by atoms with E-state index in [4.69, 9.17) is 0 Å². The van der Waals surface area contributed by atoms with Gasteiger partial charge in [-0.25, -0.2) is 8.42 Å². The molecular formula is C15H22N2O3S. The number of carbonyl (C=O) groups excluding carboxylic acids is 1. The first-order chi connectivity index (χ1) is 9.74. The first-order valence-corrected chi connectivity index (χ1v) is 8.68. The van der Waals surface area contributed by atoms with E-state index in [1.807, 2.05) is 19.9 Å². The van der Waals surface area contributed by atoms with Crippen LogP contribution in [0.25, 0.3) is 0 Å². The van der Waals surface area contributed by atoms with Gasteiger partial charge in [0.2, 0.25) is 15.9 Å². The minimum Gasteiger partial charge on any atom is -0.346 e. The van der Waals surface area contributed by atoms with Gasteiger partial charge in [-0.2, -0.15) is 0 Å². The first kappa shape index (κ1) is 17.2. The second kappa shape index (κ2) is 7.26. The van der Waals surface area contributed by atoms with Crippen molar-refractivity contribution in [3.63, 3.8) is 0 Å². The number of carbonyl (C=O) groups is 1. The highest BCUT2D eigenvalue weighted by Crippen LogP contribution is 2.23. The Morgan fingerprint density at radius 1 is 1.33 bits per heavy atom. The molecule has 0 unspecified atom stereocenters. The number of nitrogens with one attached hydrogen (secondary N) is 2. The standard InChI is InChI=1S/C15H22N2O3S/c1-5-8-11(2)15(18)16-12(3)13-9-6-7-10-14(13)17-21(4,19)20/h6-10,12,17H,5H2,1-4H3,(H,16,18)/b11-8-/t12-/m0/s1. The normalized spacial score (nSPS) is 13.6. The molecule has 0 saturated carbocycles. The van der Waals surface area contributed by atoms with E-state index in [9.17, 15) is 13.2 Å². The fourth-order valence-electron chi connectivity index (χ4n) is 1.95. The van der Waals surface area contributed by atoms with Gasteiger partial charge in [0.15, 0.2) is 0 Å². The number of benzene rings is 1. The van der Waals surface area contributed by atoms with Crippen molar-refractivity contribution in [3.8, 4) is 0 Å². The predicted molar refractivity (Wildman–Crippen MR) is 85.5 cm³/mol. The largest absolute Gasteiger partial charge is 0.346 e. The van der Waals surface area contributed by atoms with Gasteiger partial charge < -0.3 is 5.32 Å². The second-order valence-corrected chi connectivity index (χ2v) is 6.70. The Morgan fingerprint density at radius 3 is 2.52 bits per heavy atom. The van der Waals surface area contributed by atoms with Crippen LogP contribution in [0.1, 0.15) is 38.8 Å². The highest BCUT2D eigenvalue weighted by atomic mass is 32.2. The fraction of sp³-hybridized carbons (Fsp3) is 0.400. The third-order valence-corrected chi connectivity index (χ3v) is 3.53. The molecule has 2 N–H and O–H groups in total. The van der Waals surface area contributed by atoms with Crippen LogP contribution >= 0.6 is 0 Å². The zero-order valence-electron chi connectivity index (χ0n) is 12.8. The topological polar surface area (TPSA) is 75.3 Å². The second-order valence-electron chi connectivity index (χ2n) is 4.95. The van der Waals surface area contributed by atoms with Gasteiger partial charge in [0.05, 0.1) is 18.0 Å². The minimum atomic E-state index is -3.36. The molecule has 0 spiro atoms. The SMILES string of the molecule is CC/C=C(/C)C(=O)N[C@@H](C)c1ccccc1NS(C)(=O)=O. The summed E-state index contributed by atoms with van der Waals surface area (Å²) in [5.74, 6) is -0.154. The molecule has 0 aliphatic rings. The zero-order valence-corrected chi connectivity index (χ0v) is 13.6. The van der Waals surface area contributed by atoms with Crippen molar-refractivity contribution < 1.29 is 13.2 Å². The number of para-hydroxylation sites is 1. The van der Waals surface area contributed by atoms with Crippen LogP contribution in [0.4, 0.5) is 5.69 Å². The van der Waals surface area contributed by atoms with Gasteiger partial charge in [0, 0.05) is 5.57 Å². The molecule has 1 aromatic carbocycles. The molecule has 1 atom stereocenters. The van der Waals surface area contributed by atoms with Crippen LogP contribution in [0.15, 0.2) is 35.9 Å². The summed E-state index contributed by atoms with van der Waals surface area (Å²) in [4.78, 5) is 12.0. The Bertz CT molecular complexity index is 636. The van der Waals surface area contributed by atoms with Crippen LogP contribution in [-0.4, -0.2) is 20.6 Å². The van der Waals surface area contributed by atoms with Crippen LogP contribution in [0.3, 0.4) is 0 Å². The molecule has 1 aromatic rings. The Morgan fingerprint density at radius 2 is 1.95 bits per heavy atom. The van der Waals surface area contributed by atoms with Crippen molar-refractivity contribution in [2.75, 3.05) is 11.0 Å². The molecule has 0 aromatic heterocycles. The summed E-state index contributed by atoms with van der Waals surface area (Å²) in [6.07, 6.45) is 3.74. The monoisotopic (exact) mass is 310 g/mol. The number of hydrogen-bond donors (Lipinski definition) is 2. The van der Waals surface area contributed by atoms with Crippen molar-refractivity contribution in [1.82, 2.24) is 5.32 Å². The van der Waals surface area contributed by atoms with Crippen LogP contribution in [0.5, 0.6) is 0 Å². The van der Waals surface area contributed by atoms with Crippen molar-refractivity contribution >= 4 is 21.6 Å². The maximum absolute atomic E-state index is 12.0. The number of sulfonamides is 1. The van der Waals surface area contributed by atoms with Crippen LogP contribution in [0, 0.1) is 0 Å². The summed E-state index contributed by atoms with van der Waals surface area (Å²) in [5, 5.41) is 2.86. The maximum atomic E-state index is 12.0. The lowest BCUT2D eigenvalue weighted by molar-refractivity contribution is -0.118. The molecule has 0 radical (unpaired) electrons. The molecular weight excluding hydrogens is 288 g/mol. The number of anilines is 1. The number of hydrogen-bond acceptors (Lipinski definition) is 3. The van der Waals surface area contributed by atoms with Crippen molar-refractivity contribution in [2.45, 2.75) is 33.2 Å². The van der Waals surface area contributed by atoms with Crippen LogP contribution < -0.4 is 10.0 Å². The van der Waals surface area contributed by atoms with Gasteiger partial charge in [-0.05, 0) is 31.9 Å². The van der Waals surface area contributed by atoms with E-state index in [-0.39, 0.29) is 11.9 Å². The molecule has 1 amide bonds. The average Bonchev–Trinajstić information content (AvgIpc) is 2.37. The molecule has 0 aliphatic carbocycles. The van der Waals surface area contributed by atoms with Gasteiger partial charge in [0.1, 0.15) is 0 Å². The molecule has 21 heavy (non-hydrogen) atoms. The van der Waals surface area contributed by atoms with E-state index < -0.39 is 10.0 Å². The molecule has 5 nitrogen and oxygen atoms in total. The lowest BCUT2D eigenvalue weighted by Gasteiger charge is -2.18. The molecule has 0 heterocycles. The number of rotatable bonds is 6. The van der Waals surface area contributed by atoms with Gasteiger partial charge >= 0.3 is 0 Å². The van der Waals surface area contributed by atoms with E-state index in [1.54, 1.807) is 31.2 Å².